The molecule has 2 heterocycles. The fourth-order valence-corrected chi connectivity index (χ4v) is 1.77. The quantitative estimate of drug-likeness (QED) is 0.587. The lowest BCUT2D eigenvalue weighted by molar-refractivity contribution is 0.290. The lowest BCUT2D eigenvalue weighted by atomic mass is 10.0. The Bertz CT molecular complexity index is 257. The van der Waals surface area contributed by atoms with Gasteiger partial charge >= 0.3 is 0 Å². The molecule has 0 aliphatic carbocycles. The minimum atomic E-state index is 0.329. The van der Waals surface area contributed by atoms with Gasteiger partial charge in [-0.1, -0.05) is 0 Å². The highest BCUT2D eigenvalue weighted by Gasteiger charge is 2.26. The van der Waals surface area contributed by atoms with Crippen molar-refractivity contribution in [3.63, 3.8) is 0 Å². The van der Waals surface area contributed by atoms with E-state index in [-0.39, 0.29) is 0 Å². The molecule has 3 atom stereocenters. The number of imidazole rings is 1. The monoisotopic (exact) mass is 180 g/mol. The molecule has 4 heteroatoms. The Morgan fingerprint density at radius 2 is 2.31 bits per heavy atom. The lowest BCUT2D eigenvalue weighted by Gasteiger charge is -2.34. The number of piperazine rings is 1. The fraction of sp³-hybridized carbons (Fsp3) is 0.667. The van der Waals surface area contributed by atoms with Crippen molar-refractivity contribution in [2.24, 2.45) is 0 Å². The van der Waals surface area contributed by atoms with Gasteiger partial charge in [0.1, 0.15) is 0 Å². The number of rotatable bonds is 1. The van der Waals surface area contributed by atoms with Crippen LogP contribution in [-0.4, -0.2) is 28.6 Å². The van der Waals surface area contributed by atoms with Crippen molar-refractivity contribution in [2.45, 2.75) is 32.0 Å². The zero-order valence-corrected chi connectivity index (χ0v) is 8.04. The maximum absolute atomic E-state index is 4.27. The van der Waals surface area contributed by atoms with Gasteiger partial charge in [-0.2, -0.15) is 0 Å². The van der Waals surface area contributed by atoms with E-state index in [1.807, 2.05) is 6.20 Å². The first-order valence-corrected chi connectivity index (χ1v) is 4.75. The molecule has 1 saturated heterocycles. The minimum absolute atomic E-state index is 0.329. The van der Waals surface area contributed by atoms with E-state index in [9.17, 15) is 0 Å². The van der Waals surface area contributed by atoms with Crippen LogP contribution >= 0.6 is 0 Å². The van der Waals surface area contributed by atoms with Crippen LogP contribution in [0.2, 0.25) is 0 Å². The highest BCUT2D eigenvalue weighted by Crippen LogP contribution is 2.17. The molecule has 1 aliphatic rings. The topological polar surface area (TPSA) is 52.7 Å². The van der Waals surface area contributed by atoms with Crippen LogP contribution in [0.3, 0.4) is 0 Å². The molecule has 0 aromatic carbocycles. The molecule has 2 rings (SSSR count). The minimum Gasteiger partial charge on any atom is -0.351 e. The smallest absolute Gasteiger partial charge is 0.0923 e. The predicted molar refractivity (Wildman–Crippen MR) is 51.4 cm³/mol. The first kappa shape index (κ1) is 8.72. The van der Waals surface area contributed by atoms with E-state index in [0.717, 1.165) is 12.2 Å². The third kappa shape index (κ3) is 1.73. The number of hydrogen-bond acceptors (Lipinski definition) is 3. The number of H-pyrrole nitrogens is 1. The second-order valence-electron chi connectivity index (χ2n) is 3.74. The molecule has 1 aliphatic heterocycles. The first-order valence-electron chi connectivity index (χ1n) is 4.75. The molecule has 3 N–H and O–H groups in total. The number of nitrogens with zero attached hydrogens (tertiary/aromatic N) is 1. The number of aromatic amines is 1. The van der Waals surface area contributed by atoms with Crippen molar-refractivity contribution >= 4 is 0 Å². The van der Waals surface area contributed by atoms with Crippen LogP contribution < -0.4 is 10.6 Å². The summed E-state index contributed by atoms with van der Waals surface area (Å²) in [5.41, 5.74) is 1.09. The zero-order chi connectivity index (χ0) is 9.26. The second kappa shape index (κ2) is 3.47. The van der Waals surface area contributed by atoms with Crippen LogP contribution in [0.4, 0.5) is 0 Å². The van der Waals surface area contributed by atoms with Gasteiger partial charge in [-0.3, -0.25) is 0 Å². The van der Waals surface area contributed by atoms with Crippen molar-refractivity contribution in [2.75, 3.05) is 6.54 Å². The molecule has 0 saturated carbocycles. The highest BCUT2D eigenvalue weighted by atomic mass is 15.1. The maximum Gasteiger partial charge on any atom is 0.0923 e. The van der Waals surface area contributed by atoms with Gasteiger partial charge in [0.15, 0.2) is 0 Å². The van der Waals surface area contributed by atoms with Gasteiger partial charge in [-0.25, -0.2) is 4.98 Å². The molecule has 1 aromatic heterocycles. The third-order valence-electron chi connectivity index (χ3n) is 2.55. The van der Waals surface area contributed by atoms with Crippen LogP contribution in [-0.2, 0) is 0 Å². The average molecular weight is 180 g/mol. The Morgan fingerprint density at radius 1 is 1.46 bits per heavy atom. The summed E-state index contributed by atoms with van der Waals surface area (Å²) in [6.07, 6.45) is 3.68. The largest absolute Gasteiger partial charge is 0.351 e. The van der Waals surface area contributed by atoms with Crippen molar-refractivity contribution < 1.29 is 0 Å². The van der Waals surface area contributed by atoms with Gasteiger partial charge < -0.3 is 15.6 Å². The molecule has 0 spiro atoms. The van der Waals surface area contributed by atoms with Crippen LogP contribution in [0.1, 0.15) is 25.6 Å². The van der Waals surface area contributed by atoms with E-state index in [1.165, 1.54) is 0 Å². The molecule has 3 unspecified atom stereocenters. The van der Waals surface area contributed by atoms with Gasteiger partial charge in [0.25, 0.3) is 0 Å². The molecule has 0 amide bonds. The fourth-order valence-electron chi connectivity index (χ4n) is 1.77. The van der Waals surface area contributed by atoms with Crippen LogP contribution in [0.25, 0.3) is 0 Å². The molecule has 4 nitrogen and oxygen atoms in total. The van der Waals surface area contributed by atoms with Crippen molar-refractivity contribution in [1.29, 1.82) is 0 Å². The molecule has 1 fully saturated rings. The number of nitrogens with one attached hydrogen (secondary N) is 3. The first-order chi connectivity index (χ1) is 6.27. The summed E-state index contributed by atoms with van der Waals surface area (Å²) in [5.74, 6) is 0. The SMILES string of the molecule is CC1CNC(C)C(c2c[nH]cn2)N1. The molecule has 0 bridgehead atoms. The Hall–Kier alpha value is -0.870. The van der Waals surface area contributed by atoms with Crippen molar-refractivity contribution in [3.05, 3.63) is 18.2 Å². The van der Waals surface area contributed by atoms with Gasteiger partial charge in [0.05, 0.1) is 18.1 Å². The van der Waals surface area contributed by atoms with Crippen LogP contribution in [0.15, 0.2) is 12.5 Å². The number of aromatic nitrogens is 2. The third-order valence-corrected chi connectivity index (χ3v) is 2.55. The summed E-state index contributed by atoms with van der Waals surface area (Å²) >= 11 is 0. The van der Waals surface area contributed by atoms with Gasteiger partial charge in [-0.15, -0.1) is 0 Å². The van der Waals surface area contributed by atoms with E-state index < -0.39 is 0 Å². The van der Waals surface area contributed by atoms with Gasteiger partial charge in [0, 0.05) is 24.8 Å². The average Bonchev–Trinajstić information content (AvgIpc) is 2.61. The predicted octanol–water partition coefficient (Wildman–Crippen LogP) is 0.421. The molecular weight excluding hydrogens is 164 g/mol. The Labute approximate surface area is 78.1 Å². The van der Waals surface area contributed by atoms with Crippen LogP contribution in [0.5, 0.6) is 0 Å². The maximum atomic E-state index is 4.27. The summed E-state index contributed by atoms with van der Waals surface area (Å²) < 4.78 is 0. The Balaban J connectivity index is 2.12. The van der Waals surface area contributed by atoms with Gasteiger partial charge in [0.2, 0.25) is 0 Å². The van der Waals surface area contributed by atoms with Crippen molar-refractivity contribution in [1.82, 2.24) is 20.6 Å². The summed E-state index contributed by atoms with van der Waals surface area (Å²) in [6.45, 7) is 5.39. The summed E-state index contributed by atoms with van der Waals surface area (Å²) in [7, 11) is 0. The summed E-state index contributed by atoms with van der Waals surface area (Å²) in [5, 5.41) is 6.98. The highest BCUT2D eigenvalue weighted by molar-refractivity contribution is 5.07. The van der Waals surface area contributed by atoms with Crippen LogP contribution in [0, 0.1) is 0 Å². The molecule has 72 valence electrons. The second-order valence-corrected chi connectivity index (χ2v) is 3.74. The van der Waals surface area contributed by atoms with E-state index in [2.05, 4.69) is 34.4 Å². The van der Waals surface area contributed by atoms with E-state index in [1.54, 1.807) is 6.33 Å². The normalized spacial score (nSPS) is 34.8. The Kier molecular flexibility index (Phi) is 2.33. The number of hydrogen-bond donors (Lipinski definition) is 3. The van der Waals surface area contributed by atoms with E-state index in [4.69, 9.17) is 0 Å². The van der Waals surface area contributed by atoms with Gasteiger partial charge in [-0.05, 0) is 13.8 Å². The van der Waals surface area contributed by atoms with E-state index in [0.29, 0.717) is 18.1 Å². The summed E-state index contributed by atoms with van der Waals surface area (Å²) in [6, 6.07) is 1.28. The van der Waals surface area contributed by atoms with Crippen molar-refractivity contribution in [3.8, 4) is 0 Å². The zero-order valence-electron chi connectivity index (χ0n) is 8.04. The Morgan fingerprint density at radius 3 is 3.00 bits per heavy atom. The standard InChI is InChI=1S/C9H16N4/c1-6-3-11-7(2)9(13-6)8-4-10-5-12-8/h4-7,9,11,13H,3H2,1-2H3,(H,10,12). The molecular formula is C9H16N4. The summed E-state index contributed by atoms with van der Waals surface area (Å²) in [4.78, 5) is 7.25. The molecule has 13 heavy (non-hydrogen) atoms. The molecule has 0 radical (unpaired) electrons. The lowest BCUT2D eigenvalue weighted by Crippen LogP contribution is -2.53. The molecule has 1 aromatic rings. The van der Waals surface area contributed by atoms with E-state index >= 15 is 0 Å².